The van der Waals surface area contributed by atoms with E-state index >= 15 is 0 Å². The Morgan fingerprint density at radius 3 is 2.94 bits per heavy atom. The van der Waals surface area contributed by atoms with Crippen LogP contribution in [0.4, 0.5) is 0 Å². The molecular formula is C14H10O2. The van der Waals surface area contributed by atoms with Gasteiger partial charge < -0.3 is 4.74 Å². The highest BCUT2D eigenvalue weighted by molar-refractivity contribution is 5.99. The molecule has 1 aliphatic carbocycles. The lowest BCUT2D eigenvalue weighted by Gasteiger charge is -2.18. The fourth-order valence-corrected chi connectivity index (χ4v) is 2.10. The fraction of sp³-hybridized carbons (Fsp3) is 0.0714. The van der Waals surface area contributed by atoms with Crippen molar-refractivity contribution >= 4 is 11.9 Å². The molecule has 1 aromatic rings. The SMILES string of the molecule is O=C1C=CC=C2OC=Cc3ccccc3C12. The summed E-state index contributed by atoms with van der Waals surface area (Å²) in [4.78, 5) is 11.9. The molecule has 0 saturated heterocycles. The first-order valence-electron chi connectivity index (χ1n) is 5.20. The van der Waals surface area contributed by atoms with E-state index in [2.05, 4.69) is 0 Å². The normalized spacial score (nSPS) is 21.6. The number of ketones is 1. The molecule has 0 aromatic heterocycles. The van der Waals surface area contributed by atoms with Gasteiger partial charge in [-0.1, -0.05) is 30.3 Å². The van der Waals surface area contributed by atoms with Crippen molar-refractivity contribution in [1.29, 1.82) is 0 Å². The zero-order valence-corrected chi connectivity index (χ0v) is 8.59. The highest BCUT2D eigenvalue weighted by Crippen LogP contribution is 2.34. The number of carbonyl (C=O) groups excluding carboxylic acids is 1. The van der Waals surface area contributed by atoms with Crippen LogP contribution in [0.3, 0.4) is 0 Å². The number of hydrogen-bond acceptors (Lipinski definition) is 2. The molecule has 1 aliphatic heterocycles. The van der Waals surface area contributed by atoms with Crippen LogP contribution in [0.15, 0.2) is 54.5 Å². The quantitative estimate of drug-likeness (QED) is 0.658. The van der Waals surface area contributed by atoms with Gasteiger partial charge in [0.1, 0.15) is 11.7 Å². The van der Waals surface area contributed by atoms with E-state index in [-0.39, 0.29) is 11.7 Å². The van der Waals surface area contributed by atoms with Crippen LogP contribution in [-0.2, 0) is 9.53 Å². The Kier molecular flexibility index (Phi) is 2.00. The Balaban J connectivity index is 2.21. The Bertz CT molecular complexity index is 535. The van der Waals surface area contributed by atoms with E-state index in [1.165, 1.54) is 0 Å². The molecular weight excluding hydrogens is 200 g/mol. The number of fused-ring (bicyclic) bond motifs is 3. The number of ether oxygens (including phenoxy) is 1. The molecule has 2 nitrogen and oxygen atoms in total. The van der Waals surface area contributed by atoms with Crippen molar-refractivity contribution < 1.29 is 9.53 Å². The summed E-state index contributed by atoms with van der Waals surface area (Å²) in [5, 5.41) is 0. The molecule has 0 N–H and O–H groups in total. The molecule has 3 rings (SSSR count). The van der Waals surface area contributed by atoms with Crippen LogP contribution in [0, 0.1) is 0 Å². The summed E-state index contributed by atoms with van der Waals surface area (Å²) < 4.78 is 5.47. The van der Waals surface area contributed by atoms with Crippen LogP contribution < -0.4 is 0 Å². The lowest BCUT2D eigenvalue weighted by atomic mass is 9.87. The summed E-state index contributed by atoms with van der Waals surface area (Å²) >= 11 is 0. The Labute approximate surface area is 93.5 Å². The Morgan fingerprint density at radius 2 is 2.00 bits per heavy atom. The van der Waals surface area contributed by atoms with Crippen LogP contribution in [0.5, 0.6) is 0 Å². The van der Waals surface area contributed by atoms with E-state index in [9.17, 15) is 4.79 Å². The Morgan fingerprint density at radius 1 is 1.12 bits per heavy atom. The first kappa shape index (κ1) is 9.16. The summed E-state index contributed by atoms with van der Waals surface area (Å²) in [5.74, 6) is 0.499. The third kappa shape index (κ3) is 1.31. The molecule has 0 spiro atoms. The lowest BCUT2D eigenvalue weighted by molar-refractivity contribution is -0.115. The number of allylic oxidation sites excluding steroid dienone is 4. The third-order valence-electron chi connectivity index (χ3n) is 2.85. The van der Waals surface area contributed by atoms with Crippen molar-refractivity contribution in [2.24, 2.45) is 0 Å². The molecule has 0 fully saturated rings. The monoisotopic (exact) mass is 210 g/mol. The third-order valence-corrected chi connectivity index (χ3v) is 2.85. The summed E-state index contributed by atoms with van der Waals surface area (Å²) in [7, 11) is 0. The fourth-order valence-electron chi connectivity index (χ4n) is 2.10. The largest absolute Gasteiger partial charge is 0.468 e. The summed E-state index contributed by atoms with van der Waals surface area (Å²) in [6, 6.07) is 7.87. The minimum Gasteiger partial charge on any atom is -0.468 e. The van der Waals surface area contributed by atoms with Crippen molar-refractivity contribution in [2.45, 2.75) is 5.92 Å². The molecule has 0 radical (unpaired) electrons. The molecule has 2 aliphatic rings. The smallest absolute Gasteiger partial charge is 0.170 e. The number of rotatable bonds is 0. The minimum atomic E-state index is -0.281. The second-order valence-electron chi connectivity index (χ2n) is 3.81. The van der Waals surface area contributed by atoms with Gasteiger partial charge in [0.15, 0.2) is 5.78 Å². The van der Waals surface area contributed by atoms with E-state index in [0.717, 1.165) is 11.1 Å². The van der Waals surface area contributed by atoms with E-state index in [4.69, 9.17) is 4.74 Å². The molecule has 1 unspecified atom stereocenters. The average molecular weight is 210 g/mol. The number of hydrogen-bond donors (Lipinski definition) is 0. The van der Waals surface area contributed by atoms with Gasteiger partial charge >= 0.3 is 0 Å². The van der Waals surface area contributed by atoms with E-state index < -0.39 is 0 Å². The second kappa shape index (κ2) is 3.49. The molecule has 2 heteroatoms. The summed E-state index contributed by atoms with van der Waals surface area (Å²) in [6.45, 7) is 0. The van der Waals surface area contributed by atoms with Crippen molar-refractivity contribution in [3.8, 4) is 0 Å². The predicted octanol–water partition coefficient (Wildman–Crippen LogP) is 2.79. The van der Waals surface area contributed by atoms with Gasteiger partial charge in [-0.15, -0.1) is 0 Å². The highest BCUT2D eigenvalue weighted by Gasteiger charge is 2.28. The van der Waals surface area contributed by atoms with Gasteiger partial charge in [-0.05, 0) is 29.4 Å². The van der Waals surface area contributed by atoms with Crippen molar-refractivity contribution in [3.63, 3.8) is 0 Å². The predicted molar refractivity (Wildman–Crippen MR) is 61.5 cm³/mol. The Hall–Kier alpha value is -2.09. The molecule has 0 bridgehead atoms. The molecule has 0 amide bonds. The molecule has 0 saturated carbocycles. The molecule has 1 atom stereocenters. The topological polar surface area (TPSA) is 26.3 Å². The van der Waals surface area contributed by atoms with E-state index in [0.29, 0.717) is 5.76 Å². The first-order valence-corrected chi connectivity index (χ1v) is 5.20. The molecule has 16 heavy (non-hydrogen) atoms. The number of benzene rings is 1. The van der Waals surface area contributed by atoms with Gasteiger partial charge in [0.05, 0.1) is 6.26 Å². The summed E-state index contributed by atoms with van der Waals surface area (Å²) in [6.07, 6.45) is 8.70. The minimum absolute atomic E-state index is 0.0775. The second-order valence-corrected chi connectivity index (χ2v) is 3.81. The maximum atomic E-state index is 11.9. The van der Waals surface area contributed by atoms with Gasteiger partial charge in [0, 0.05) is 0 Å². The summed E-state index contributed by atoms with van der Waals surface area (Å²) in [5.41, 5.74) is 2.05. The van der Waals surface area contributed by atoms with Crippen LogP contribution in [0.2, 0.25) is 0 Å². The lowest BCUT2D eigenvalue weighted by Crippen LogP contribution is -2.16. The molecule has 1 aromatic carbocycles. The van der Waals surface area contributed by atoms with Crippen molar-refractivity contribution in [3.05, 3.63) is 65.6 Å². The van der Waals surface area contributed by atoms with E-state index in [1.54, 1.807) is 18.4 Å². The number of carbonyl (C=O) groups is 1. The van der Waals surface area contributed by atoms with Gasteiger partial charge in [0.2, 0.25) is 0 Å². The van der Waals surface area contributed by atoms with Crippen LogP contribution in [-0.4, -0.2) is 5.78 Å². The van der Waals surface area contributed by atoms with Crippen LogP contribution in [0.1, 0.15) is 17.0 Å². The van der Waals surface area contributed by atoms with Crippen molar-refractivity contribution in [2.75, 3.05) is 0 Å². The maximum absolute atomic E-state index is 11.9. The van der Waals surface area contributed by atoms with Gasteiger partial charge in [-0.3, -0.25) is 4.79 Å². The standard InChI is InChI=1S/C14H10O2/c15-12-6-3-7-13-14(12)11-5-2-1-4-10(11)8-9-16-13/h1-9,14H. The average Bonchev–Trinajstić information content (AvgIpc) is 2.49. The highest BCUT2D eigenvalue weighted by atomic mass is 16.5. The van der Waals surface area contributed by atoms with Crippen LogP contribution >= 0.6 is 0 Å². The zero-order chi connectivity index (χ0) is 11.0. The first-order chi connectivity index (χ1) is 7.86. The molecule has 78 valence electrons. The van der Waals surface area contributed by atoms with Gasteiger partial charge in [-0.2, -0.15) is 0 Å². The van der Waals surface area contributed by atoms with Gasteiger partial charge in [-0.25, -0.2) is 0 Å². The van der Waals surface area contributed by atoms with Crippen molar-refractivity contribution in [1.82, 2.24) is 0 Å². The van der Waals surface area contributed by atoms with E-state index in [1.807, 2.05) is 36.4 Å². The van der Waals surface area contributed by atoms with Gasteiger partial charge in [0.25, 0.3) is 0 Å². The maximum Gasteiger partial charge on any atom is 0.170 e. The molecule has 1 heterocycles. The van der Waals surface area contributed by atoms with Crippen LogP contribution in [0.25, 0.3) is 6.08 Å². The zero-order valence-electron chi connectivity index (χ0n) is 8.59.